The van der Waals surface area contributed by atoms with Crippen molar-refractivity contribution in [2.75, 3.05) is 5.32 Å². The fourth-order valence-corrected chi connectivity index (χ4v) is 0.806. The van der Waals surface area contributed by atoms with Crippen LogP contribution in [0.5, 0.6) is 0 Å². The zero-order chi connectivity index (χ0) is 8.97. The Morgan fingerprint density at radius 3 is 3.08 bits per heavy atom. The highest BCUT2D eigenvalue weighted by atomic mass is 16.4. The van der Waals surface area contributed by atoms with E-state index in [0.29, 0.717) is 5.69 Å². The number of carboxylic acid groups (broad SMARTS) is 1. The Balaban J connectivity index is 3.07. The van der Waals surface area contributed by atoms with Gasteiger partial charge in [-0.25, -0.2) is 4.79 Å². The summed E-state index contributed by atoms with van der Waals surface area (Å²) < 4.78 is 0. The van der Waals surface area contributed by atoms with E-state index >= 15 is 0 Å². The lowest BCUT2D eigenvalue weighted by Crippen LogP contribution is -2.01. The molecule has 12 heavy (non-hydrogen) atoms. The van der Waals surface area contributed by atoms with Crippen molar-refractivity contribution in [3.63, 3.8) is 0 Å². The fraction of sp³-hybridized carbons (Fsp3) is 0. The van der Waals surface area contributed by atoms with Gasteiger partial charge in [-0.1, -0.05) is 6.58 Å². The Kier molecular flexibility index (Phi) is 2.42. The molecule has 1 rings (SSSR count). The van der Waals surface area contributed by atoms with E-state index in [1.807, 2.05) is 0 Å². The van der Waals surface area contributed by atoms with Gasteiger partial charge in [0.05, 0.1) is 17.4 Å². The van der Waals surface area contributed by atoms with E-state index in [0.717, 1.165) is 0 Å². The molecule has 0 fully saturated rings. The molecule has 4 heteroatoms. The second-order valence-corrected chi connectivity index (χ2v) is 2.07. The van der Waals surface area contributed by atoms with E-state index in [-0.39, 0.29) is 5.56 Å². The summed E-state index contributed by atoms with van der Waals surface area (Å²) in [6, 6.07) is 1.42. The first-order valence-corrected chi connectivity index (χ1v) is 3.30. The van der Waals surface area contributed by atoms with E-state index in [4.69, 9.17) is 5.11 Å². The van der Waals surface area contributed by atoms with Crippen LogP contribution in [-0.2, 0) is 0 Å². The van der Waals surface area contributed by atoms with Gasteiger partial charge in [0.1, 0.15) is 0 Å². The molecular formula is C8H8N2O2. The largest absolute Gasteiger partial charge is 0.478 e. The summed E-state index contributed by atoms with van der Waals surface area (Å²) in [7, 11) is 0. The molecule has 1 aromatic heterocycles. The van der Waals surface area contributed by atoms with Crippen molar-refractivity contribution in [3.8, 4) is 0 Å². The number of anilines is 1. The number of hydrogen-bond donors (Lipinski definition) is 2. The van der Waals surface area contributed by atoms with Crippen LogP contribution in [0.3, 0.4) is 0 Å². The van der Waals surface area contributed by atoms with Gasteiger partial charge in [-0.2, -0.15) is 0 Å². The number of aromatic carboxylic acids is 1. The molecule has 0 saturated heterocycles. The molecule has 0 saturated carbocycles. The smallest absolute Gasteiger partial charge is 0.337 e. The third-order valence-corrected chi connectivity index (χ3v) is 1.31. The molecule has 0 amide bonds. The Morgan fingerprint density at radius 2 is 2.50 bits per heavy atom. The Morgan fingerprint density at radius 1 is 1.75 bits per heavy atom. The van der Waals surface area contributed by atoms with Crippen LogP contribution in [0.25, 0.3) is 0 Å². The second kappa shape index (κ2) is 3.52. The monoisotopic (exact) mass is 164 g/mol. The number of nitrogens with one attached hydrogen (secondary N) is 1. The van der Waals surface area contributed by atoms with Gasteiger partial charge in [-0.3, -0.25) is 4.98 Å². The molecule has 4 nitrogen and oxygen atoms in total. The number of carboxylic acids is 1. The molecule has 0 unspecified atom stereocenters. The molecule has 0 radical (unpaired) electrons. The molecule has 0 aliphatic heterocycles. The van der Waals surface area contributed by atoms with Crippen LogP contribution in [0.15, 0.2) is 31.2 Å². The number of hydrogen-bond acceptors (Lipinski definition) is 3. The van der Waals surface area contributed by atoms with Gasteiger partial charge in [0.25, 0.3) is 0 Å². The van der Waals surface area contributed by atoms with Crippen LogP contribution in [0.2, 0.25) is 0 Å². The van der Waals surface area contributed by atoms with Gasteiger partial charge in [0, 0.05) is 6.20 Å². The van der Waals surface area contributed by atoms with Crippen molar-refractivity contribution >= 4 is 11.7 Å². The maximum absolute atomic E-state index is 10.6. The topological polar surface area (TPSA) is 62.2 Å². The summed E-state index contributed by atoms with van der Waals surface area (Å²) in [4.78, 5) is 14.4. The van der Waals surface area contributed by atoms with Crippen molar-refractivity contribution in [3.05, 3.63) is 36.8 Å². The standard InChI is InChI=1S/C8H8N2O2/c1-2-10-7-5-9-4-3-6(7)8(11)12/h2-5,10H,1H2,(H,11,12). The quantitative estimate of drug-likeness (QED) is 0.707. The molecule has 0 aliphatic rings. The number of pyridine rings is 1. The first-order valence-electron chi connectivity index (χ1n) is 3.30. The van der Waals surface area contributed by atoms with Gasteiger partial charge < -0.3 is 10.4 Å². The summed E-state index contributed by atoms with van der Waals surface area (Å²) in [6.45, 7) is 3.42. The predicted octanol–water partition coefficient (Wildman–Crippen LogP) is 1.34. The average Bonchev–Trinajstić information content (AvgIpc) is 2.05. The molecule has 2 N–H and O–H groups in total. The van der Waals surface area contributed by atoms with Crippen LogP contribution in [0, 0.1) is 0 Å². The van der Waals surface area contributed by atoms with E-state index in [1.165, 1.54) is 24.7 Å². The van der Waals surface area contributed by atoms with Gasteiger partial charge in [-0.15, -0.1) is 0 Å². The molecule has 0 bridgehead atoms. The van der Waals surface area contributed by atoms with E-state index in [2.05, 4.69) is 16.9 Å². The zero-order valence-corrected chi connectivity index (χ0v) is 6.32. The number of aromatic nitrogens is 1. The normalized spacial score (nSPS) is 9.00. The Hall–Kier alpha value is -1.84. The molecule has 0 spiro atoms. The van der Waals surface area contributed by atoms with Crippen LogP contribution >= 0.6 is 0 Å². The van der Waals surface area contributed by atoms with Crippen molar-refractivity contribution < 1.29 is 9.90 Å². The SMILES string of the molecule is C=CNc1cnccc1C(=O)O. The molecule has 0 aromatic carbocycles. The Labute approximate surface area is 69.6 Å². The molecular weight excluding hydrogens is 156 g/mol. The highest BCUT2D eigenvalue weighted by Crippen LogP contribution is 2.12. The first kappa shape index (κ1) is 8.26. The van der Waals surface area contributed by atoms with Crippen LogP contribution in [0.1, 0.15) is 10.4 Å². The lowest BCUT2D eigenvalue weighted by Gasteiger charge is -2.02. The van der Waals surface area contributed by atoms with E-state index in [9.17, 15) is 4.79 Å². The maximum Gasteiger partial charge on any atom is 0.337 e. The summed E-state index contributed by atoms with van der Waals surface area (Å²) >= 11 is 0. The lowest BCUT2D eigenvalue weighted by molar-refractivity contribution is 0.0698. The predicted molar refractivity (Wildman–Crippen MR) is 45.0 cm³/mol. The summed E-state index contributed by atoms with van der Waals surface area (Å²) in [5, 5.41) is 11.4. The minimum Gasteiger partial charge on any atom is -0.478 e. The molecule has 0 aliphatic carbocycles. The first-order chi connectivity index (χ1) is 5.75. The third-order valence-electron chi connectivity index (χ3n) is 1.31. The summed E-state index contributed by atoms with van der Waals surface area (Å²) in [5.74, 6) is -0.984. The zero-order valence-electron chi connectivity index (χ0n) is 6.32. The van der Waals surface area contributed by atoms with Gasteiger partial charge in [-0.05, 0) is 12.3 Å². The molecule has 62 valence electrons. The third kappa shape index (κ3) is 1.60. The van der Waals surface area contributed by atoms with Crippen molar-refractivity contribution in [2.45, 2.75) is 0 Å². The van der Waals surface area contributed by atoms with Crippen molar-refractivity contribution in [1.29, 1.82) is 0 Å². The fourth-order valence-electron chi connectivity index (χ4n) is 0.806. The van der Waals surface area contributed by atoms with E-state index in [1.54, 1.807) is 0 Å². The van der Waals surface area contributed by atoms with Gasteiger partial charge in [0.2, 0.25) is 0 Å². The van der Waals surface area contributed by atoms with Crippen molar-refractivity contribution in [2.24, 2.45) is 0 Å². The summed E-state index contributed by atoms with van der Waals surface area (Å²) in [5.41, 5.74) is 0.630. The number of rotatable bonds is 3. The highest BCUT2D eigenvalue weighted by Gasteiger charge is 2.07. The number of carbonyl (C=O) groups is 1. The van der Waals surface area contributed by atoms with Crippen LogP contribution < -0.4 is 5.32 Å². The molecule has 1 heterocycles. The second-order valence-electron chi connectivity index (χ2n) is 2.07. The van der Waals surface area contributed by atoms with Crippen LogP contribution in [-0.4, -0.2) is 16.1 Å². The Bertz CT molecular complexity index is 310. The van der Waals surface area contributed by atoms with Crippen molar-refractivity contribution in [1.82, 2.24) is 4.98 Å². The summed E-state index contributed by atoms with van der Waals surface area (Å²) in [6.07, 6.45) is 4.27. The number of nitrogens with zero attached hydrogens (tertiary/aromatic N) is 1. The molecule has 1 aromatic rings. The molecule has 0 atom stereocenters. The minimum atomic E-state index is -0.984. The highest BCUT2D eigenvalue weighted by molar-refractivity contribution is 5.93. The van der Waals surface area contributed by atoms with Crippen LogP contribution in [0.4, 0.5) is 5.69 Å². The lowest BCUT2D eigenvalue weighted by atomic mass is 10.2. The van der Waals surface area contributed by atoms with E-state index < -0.39 is 5.97 Å². The van der Waals surface area contributed by atoms with Gasteiger partial charge in [0.15, 0.2) is 0 Å². The minimum absolute atomic E-state index is 0.185. The van der Waals surface area contributed by atoms with Gasteiger partial charge >= 0.3 is 5.97 Å². The average molecular weight is 164 g/mol. The maximum atomic E-state index is 10.6.